The van der Waals surface area contributed by atoms with Crippen molar-refractivity contribution in [3.8, 4) is 5.75 Å². The van der Waals surface area contributed by atoms with Crippen LogP contribution in [-0.4, -0.2) is 39.9 Å². The number of hydrazone groups is 1. The van der Waals surface area contributed by atoms with Crippen LogP contribution in [-0.2, 0) is 4.79 Å². The number of anilines is 2. The van der Waals surface area contributed by atoms with Crippen LogP contribution in [0.5, 0.6) is 5.75 Å². The number of carbonyl (C=O) groups excluding carboxylic acids is 1. The van der Waals surface area contributed by atoms with E-state index < -0.39 is 0 Å². The number of carbonyl (C=O) groups is 1. The number of nitrogens with one attached hydrogen (secondary N) is 2. The van der Waals surface area contributed by atoms with Crippen molar-refractivity contribution in [1.29, 1.82) is 0 Å². The van der Waals surface area contributed by atoms with Crippen molar-refractivity contribution >= 4 is 35.5 Å². The summed E-state index contributed by atoms with van der Waals surface area (Å²) in [5.74, 6) is 7.02. The first-order valence-corrected chi connectivity index (χ1v) is 10.1. The van der Waals surface area contributed by atoms with Gasteiger partial charge in [0.2, 0.25) is 11.1 Å². The lowest BCUT2D eigenvalue weighted by molar-refractivity contribution is -0.113. The summed E-state index contributed by atoms with van der Waals surface area (Å²) < 4.78 is 6.37. The molecule has 1 heterocycles. The molecular weight excluding hydrogens is 402 g/mol. The molecule has 0 bridgehead atoms. The number of amides is 1. The van der Waals surface area contributed by atoms with Crippen LogP contribution in [0.4, 0.5) is 11.6 Å². The van der Waals surface area contributed by atoms with Crippen LogP contribution in [0.15, 0.2) is 52.7 Å². The number of nitrogen functional groups attached to an aromatic ring is 1. The zero-order valence-corrected chi connectivity index (χ0v) is 17.7. The second-order valence-electron chi connectivity index (χ2n) is 6.47. The Morgan fingerprint density at radius 2 is 2.00 bits per heavy atom. The van der Waals surface area contributed by atoms with Crippen LogP contribution >= 0.6 is 11.8 Å². The molecule has 2 aromatic carbocycles. The molecule has 10 heteroatoms. The molecule has 0 radical (unpaired) electrons. The van der Waals surface area contributed by atoms with Crippen molar-refractivity contribution in [2.24, 2.45) is 5.10 Å². The Bertz CT molecular complexity index is 1050. The van der Waals surface area contributed by atoms with E-state index in [2.05, 4.69) is 26.0 Å². The van der Waals surface area contributed by atoms with Gasteiger partial charge in [-0.1, -0.05) is 29.5 Å². The number of aryl methyl sites for hydroxylation is 2. The second kappa shape index (κ2) is 9.79. The molecular formula is C20H23N7O2S. The summed E-state index contributed by atoms with van der Waals surface area (Å²) in [6.07, 6.45) is 1.62. The van der Waals surface area contributed by atoms with Gasteiger partial charge in [-0.3, -0.25) is 4.79 Å². The highest BCUT2D eigenvalue weighted by molar-refractivity contribution is 7.99. The smallest absolute Gasteiger partial charge is 0.264 e. The lowest BCUT2D eigenvalue weighted by Gasteiger charge is -2.08. The van der Waals surface area contributed by atoms with E-state index in [4.69, 9.17) is 10.6 Å². The molecule has 30 heavy (non-hydrogen) atoms. The Labute approximate surface area is 178 Å². The zero-order chi connectivity index (χ0) is 21.5. The highest BCUT2D eigenvalue weighted by Gasteiger charge is 2.12. The van der Waals surface area contributed by atoms with Crippen molar-refractivity contribution in [1.82, 2.24) is 14.9 Å². The molecule has 9 nitrogen and oxygen atoms in total. The lowest BCUT2D eigenvalue weighted by Crippen LogP contribution is -2.17. The van der Waals surface area contributed by atoms with Crippen molar-refractivity contribution in [2.75, 3.05) is 29.4 Å². The zero-order valence-electron chi connectivity index (χ0n) is 16.9. The van der Waals surface area contributed by atoms with Crippen molar-refractivity contribution in [3.05, 3.63) is 59.2 Å². The Morgan fingerprint density at radius 1 is 1.23 bits per heavy atom. The van der Waals surface area contributed by atoms with Crippen LogP contribution in [0.3, 0.4) is 0 Å². The summed E-state index contributed by atoms with van der Waals surface area (Å²) in [6.45, 7) is 3.96. The van der Waals surface area contributed by atoms with Gasteiger partial charge in [-0.05, 0) is 55.3 Å². The molecule has 156 valence electrons. The van der Waals surface area contributed by atoms with E-state index in [1.165, 1.54) is 16.4 Å². The minimum atomic E-state index is -0.151. The predicted octanol–water partition coefficient (Wildman–Crippen LogP) is 2.79. The summed E-state index contributed by atoms with van der Waals surface area (Å²) >= 11 is 1.18. The van der Waals surface area contributed by atoms with Gasteiger partial charge in [-0.25, -0.2) is 10.1 Å². The summed E-state index contributed by atoms with van der Waals surface area (Å²) in [6, 6.07) is 13.3. The normalized spacial score (nSPS) is 10.9. The number of rotatable bonds is 8. The predicted molar refractivity (Wildman–Crippen MR) is 120 cm³/mol. The van der Waals surface area contributed by atoms with Crippen LogP contribution < -0.4 is 21.3 Å². The van der Waals surface area contributed by atoms with E-state index in [-0.39, 0.29) is 17.6 Å². The maximum absolute atomic E-state index is 12.2. The van der Waals surface area contributed by atoms with E-state index >= 15 is 0 Å². The number of hydrogen-bond donors (Lipinski definition) is 3. The summed E-state index contributed by atoms with van der Waals surface area (Å²) in [4.78, 5) is 12.2. The SMILES string of the molecule is COc1ccc(/C=N/Nc2nnc(SCC(=O)Nc3ccc(C)cc3C)n2N)cc1. The molecule has 3 rings (SSSR count). The number of nitrogens with two attached hydrogens (primary N) is 1. The Morgan fingerprint density at radius 3 is 2.70 bits per heavy atom. The average Bonchev–Trinajstić information content (AvgIpc) is 3.09. The number of nitrogens with zero attached hydrogens (tertiary/aromatic N) is 4. The quantitative estimate of drug-likeness (QED) is 0.220. The first kappa shape index (κ1) is 21.2. The van der Waals surface area contributed by atoms with Gasteiger partial charge in [0.25, 0.3) is 5.95 Å². The fourth-order valence-corrected chi connectivity index (χ4v) is 3.23. The number of methoxy groups -OCH3 is 1. The largest absolute Gasteiger partial charge is 0.497 e. The first-order chi connectivity index (χ1) is 14.5. The molecule has 0 saturated heterocycles. The van der Waals surface area contributed by atoms with Gasteiger partial charge in [0.05, 0.1) is 19.1 Å². The van der Waals surface area contributed by atoms with Crippen molar-refractivity contribution < 1.29 is 9.53 Å². The Kier molecular flexibility index (Phi) is 6.91. The minimum absolute atomic E-state index is 0.151. The number of hydrogen-bond acceptors (Lipinski definition) is 8. The molecule has 0 saturated carbocycles. The number of ether oxygens (including phenoxy) is 1. The summed E-state index contributed by atoms with van der Waals surface area (Å²) in [5.41, 5.74) is 6.56. The van der Waals surface area contributed by atoms with Gasteiger partial charge in [-0.15, -0.1) is 10.2 Å². The summed E-state index contributed by atoms with van der Waals surface area (Å²) in [7, 11) is 1.61. The highest BCUT2D eigenvalue weighted by Crippen LogP contribution is 2.19. The molecule has 1 amide bonds. The van der Waals surface area contributed by atoms with E-state index in [1.807, 2.05) is 56.3 Å². The van der Waals surface area contributed by atoms with Gasteiger partial charge in [-0.2, -0.15) is 5.10 Å². The van der Waals surface area contributed by atoms with Crippen LogP contribution in [0.25, 0.3) is 0 Å². The maximum Gasteiger partial charge on any atom is 0.264 e. The van der Waals surface area contributed by atoms with E-state index in [0.29, 0.717) is 5.16 Å². The third kappa shape index (κ3) is 5.51. The van der Waals surface area contributed by atoms with E-state index in [0.717, 1.165) is 28.1 Å². The second-order valence-corrected chi connectivity index (χ2v) is 7.42. The molecule has 4 N–H and O–H groups in total. The van der Waals surface area contributed by atoms with Crippen molar-refractivity contribution in [3.63, 3.8) is 0 Å². The number of thioether (sulfide) groups is 1. The van der Waals surface area contributed by atoms with Gasteiger partial charge in [0.1, 0.15) is 5.75 Å². The Hall–Kier alpha value is -3.53. The van der Waals surface area contributed by atoms with E-state index in [1.54, 1.807) is 13.3 Å². The van der Waals surface area contributed by atoms with E-state index in [9.17, 15) is 4.79 Å². The van der Waals surface area contributed by atoms with Gasteiger partial charge in [0, 0.05) is 5.69 Å². The van der Waals surface area contributed by atoms with Crippen LogP contribution in [0, 0.1) is 13.8 Å². The molecule has 0 fully saturated rings. The monoisotopic (exact) mass is 425 g/mol. The maximum atomic E-state index is 12.2. The highest BCUT2D eigenvalue weighted by atomic mass is 32.2. The number of benzene rings is 2. The third-order valence-electron chi connectivity index (χ3n) is 4.15. The lowest BCUT2D eigenvalue weighted by atomic mass is 10.1. The molecule has 3 aromatic rings. The van der Waals surface area contributed by atoms with Gasteiger partial charge < -0.3 is 15.9 Å². The molecule has 0 aliphatic carbocycles. The Balaban J connectivity index is 1.53. The molecule has 0 aliphatic heterocycles. The molecule has 0 aliphatic rings. The number of aromatic nitrogens is 3. The third-order valence-corrected chi connectivity index (χ3v) is 5.09. The van der Waals surface area contributed by atoms with Gasteiger partial charge >= 0.3 is 0 Å². The molecule has 0 spiro atoms. The topological polar surface area (TPSA) is 119 Å². The summed E-state index contributed by atoms with van der Waals surface area (Å²) in [5, 5.41) is 15.3. The fraction of sp³-hybridized carbons (Fsp3) is 0.200. The standard InChI is InChI=1S/C20H23N7O2S/c1-13-4-9-17(14(2)10-13)23-18(28)12-30-20-26-25-19(27(20)21)24-22-11-15-5-7-16(29-3)8-6-15/h4-11H,12,21H2,1-3H3,(H,23,28)(H,24,25)/b22-11+. The van der Waals surface area contributed by atoms with Crippen LogP contribution in [0.2, 0.25) is 0 Å². The van der Waals surface area contributed by atoms with Crippen LogP contribution in [0.1, 0.15) is 16.7 Å². The molecule has 1 aromatic heterocycles. The molecule has 0 atom stereocenters. The molecule has 0 unspecified atom stereocenters. The van der Waals surface area contributed by atoms with Gasteiger partial charge in [0.15, 0.2) is 0 Å². The average molecular weight is 426 g/mol. The minimum Gasteiger partial charge on any atom is -0.497 e. The van der Waals surface area contributed by atoms with Crippen molar-refractivity contribution in [2.45, 2.75) is 19.0 Å². The fourth-order valence-electron chi connectivity index (χ4n) is 2.58. The first-order valence-electron chi connectivity index (χ1n) is 9.10.